The third-order valence-corrected chi connectivity index (χ3v) is 4.96. The average Bonchev–Trinajstić information content (AvgIpc) is 3.01. The van der Waals surface area contributed by atoms with Gasteiger partial charge in [-0.3, -0.25) is 4.79 Å². The van der Waals surface area contributed by atoms with Crippen LogP contribution in [-0.4, -0.2) is 15.6 Å². The van der Waals surface area contributed by atoms with E-state index in [1.165, 1.54) is 0 Å². The van der Waals surface area contributed by atoms with Gasteiger partial charge in [0.25, 0.3) is 0 Å². The van der Waals surface area contributed by atoms with E-state index in [1.54, 1.807) is 6.20 Å². The molecule has 2 aromatic carbocycles. The topological polar surface area (TPSA) is 34.9 Å². The smallest absolute Gasteiger partial charge is 0.166 e. The summed E-state index contributed by atoms with van der Waals surface area (Å²) in [6.45, 7) is 0. The maximum atomic E-state index is 12.5. The first-order valence-electron chi connectivity index (χ1n) is 7.73. The van der Waals surface area contributed by atoms with E-state index in [1.807, 2.05) is 53.2 Å². The van der Waals surface area contributed by atoms with Crippen LogP contribution >= 0.6 is 23.2 Å². The van der Waals surface area contributed by atoms with Crippen molar-refractivity contribution in [3.05, 3.63) is 81.6 Å². The maximum absolute atomic E-state index is 12.5. The zero-order valence-electron chi connectivity index (χ0n) is 12.7. The van der Waals surface area contributed by atoms with Gasteiger partial charge in [0.15, 0.2) is 5.78 Å². The van der Waals surface area contributed by atoms with Gasteiger partial charge >= 0.3 is 0 Å². The van der Waals surface area contributed by atoms with Crippen molar-refractivity contribution in [2.24, 2.45) is 0 Å². The Morgan fingerprint density at radius 2 is 1.54 bits per heavy atom. The molecule has 0 saturated carbocycles. The molecule has 1 aliphatic rings. The minimum atomic E-state index is 0.136. The van der Waals surface area contributed by atoms with Crippen LogP contribution in [0, 0.1) is 0 Å². The summed E-state index contributed by atoms with van der Waals surface area (Å²) in [5.41, 5.74) is 3.70. The quantitative estimate of drug-likeness (QED) is 0.640. The molecule has 0 amide bonds. The number of fused-ring (bicyclic) bond motifs is 1. The highest BCUT2D eigenvalue weighted by Crippen LogP contribution is 2.34. The monoisotopic (exact) mass is 356 g/mol. The fraction of sp³-hybridized carbons (Fsp3) is 0.158. The Morgan fingerprint density at radius 1 is 0.917 bits per heavy atom. The fourth-order valence-corrected chi connectivity index (χ4v) is 3.47. The van der Waals surface area contributed by atoms with Crippen molar-refractivity contribution in [1.82, 2.24) is 9.78 Å². The molecule has 0 fully saturated rings. The number of rotatable bonds is 2. The summed E-state index contributed by atoms with van der Waals surface area (Å²) in [7, 11) is 0. The molecular formula is C19H14Cl2N2O. The summed E-state index contributed by atoms with van der Waals surface area (Å²) in [4.78, 5) is 12.5. The van der Waals surface area contributed by atoms with Crippen molar-refractivity contribution >= 4 is 29.0 Å². The van der Waals surface area contributed by atoms with Gasteiger partial charge in [0.1, 0.15) is 0 Å². The number of ketones is 1. The molecule has 3 nitrogen and oxygen atoms in total. The molecule has 1 aliphatic carbocycles. The molecule has 1 atom stereocenters. The van der Waals surface area contributed by atoms with Crippen LogP contribution in [0.5, 0.6) is 0 Å². The number of carbonyl (C=O) groups is 1. The lowest BCUT2D eigenvalue weighted by atomic mass is 9.82. The van der Waals surface area contributed by atoms with Gasteiger partial charge in [0, 0.05) is 16.5 Å². The molecule has 1 heterocycles. The molecule has 0 saturated heterocycles. The van der Waals surface area contributed by atoms with Gasteiger partial charge in [-0.25, -0.2) is 4.68 Å². The van der Waals surface area contributed by atoms with Gasteiger partial charge < -0.3 is 0 Å². The van der Waals surface area contributed by atoms with E-state index in [9.17, 15) is 4.79 Å². The van der Waals surface area contributed by atoms with Gasteiger partial charge in [0.05, 0.1) is 23.1 Å². The van der Waals surface area contributed by atoms with Crippen molar-refractivity contribution in [2.75, 3.05) is 0 Å². The molecule has 24 heavy (non-hydrogen) atoms. The van der Waals surface area contributed by atoms with Crippen LogP contribution in [0.1, 0.15) is 34.0 Å². The van der Waals surface area contributed by atoms with Crippen molar-refractivity contribution < 1.29 is 4.79 Å². The number of aromatic nitrogens is 2. The Hall–Kier alpha value is -2.10. The third-order valence-electron chi connectivity index (χ3n) is 4.45. The number of halogens is 2. The molecule has 0 unspecified atom stereocenters. The predicted octanol–water partition coefficient (Wildman–Crippen LogP) is 5.09. The molecule has 4 rings (SSSR count). The van der Waals surface area contributed by atoms with Crippen LogP contribution in [-0.2, 0) is 6.42 Å². The number of Topliss-reactive ketones (excluding diaryl/α,β-unsaturated/α-hetero) is 1. The van der Waals surface area contributed by atoms with E-state index < -0.39 is 0 Å². The number of hydrogen-bond acceptors (Lipinski definition) is 2. The van der Waals surface area contributed by atoms with Crippen LogP contribution in [0.2, 0.25) is 10.0 Å². The lowest BCUT2D eigenvalue weighted by molar-refractivity contribution is 0.0964. The standard InChI is InChI=1S/C19H14Cl2N2O/c20-14-3-1-12(2-4-14)13-9-18-17(19(24)10-13)11-22-23(18)16-7-5-15(21)6-8-16/h1-8,11,13H,9-10H2/t13-/m1/s1. The molecule has 0 spiro atoms. The maximum Gasteiger partial charge on any atom is 0.166 e. The highest BCUT2D eigenvalue weighted by atomic mass is 35.5. The van der Waals surface area contributed by atoms with Crippen LogP contribution in [0.3, 0.4) is 0 Å². The molecule has 0 aliphatic heterocycles. The number of hydrogen-bond donors (Lipinski definition) is 0. The lowest BCUT2D eigenvalue weighted by Crippen LogP contribution is -2.20. The fourth-order valence-electron chi connectivity index (χ4n) is 3.22. The van der Waals surface area contributed by atoms with Crippen molar-refractivity contribution in [2.45, 2.75) is 18.8 Å². The second-order valence-electron chi connectivity index (χ2n) is 5.97. The normalized spacial score (nSPS) is 16.9. The van der Waals surface area contributed by atoms with E-state index in [4.69, 9.17) is 23.2 Å². The zero-order valence-corrected chi connectivity index (χ0v) is 14.3. The molecule has 1 aromatic heterocycles. The van der Waals surface area contributed by atoms with Crippen molar-refractivity contribution in [1.29, 1.82) is 0 Å². The van der Waals surface area contributed by atoms with E-state index in [-0.39, 0.29) is 11.7 Å². The van der Waals surface area contributed by atoms with E-state index in [0.717, 1.165) is 28.9 Å². The summed E-state index contributed by atoms with van der Waals surface area (Å²) in [5, 5.41) is 5.80. The van der Waals surface area contributed by atoms with Crippen molar-refractivity contribution in [3.8, 4) is 5.69 Å². The molecule has 3 aromatic rings. The Balaban J connectivity index is 1.73. The van der Waals surface area contributed by atoms with Crippen LogP contribution in [0.15, 0.2) is 54.7 Å². The Bertz CT molecular complexity index is 898. The first-order valence-corrected chi connectivity index (χ1v) is 8.49. The Labute approximate surface area is 149 Å². The van der Waals surface area contributed by atoms with E-state index >= 15 is 0 Å². The van der Waals surface area contributed by atoms with Gasteiger partial charge in [-0.1, -0.05) is 35.3 Å². The summed E-state index contributed by atoms with van der Waals surface area (Å²) >= 11 is 11.9. The molecular weight excluding hydrogens is 343 g/mol. The van der Waals surface area contributed by atoms with E-state index in [2.05, 4.69) is 5.10 Å². The SMILES string of the molecule is O=C1C[C@H](c2ccc(Cl)cc2)Cc2c1cnn2-c1ccc(Cl)cc1. The minimum absolute atomic E-state index is 0.136. The second kappa shape index (κ2) is 6.08. The highest BCUT2D eigenvalue weighted by molar-refractivity contribution is 6.30. The van der Waals surface area contributed by atoms with Crippen molar-refractivity contribution in [3.63, 3.8) is 0 Å². The van der Waals surface area contributed by atoms with Gasteiger partial charge in [-0.2, -0.15) is 5.10 Å². The van der Waals surface area contributed by atoms with Gasteiger partial charge in [-0.15, -0.1) is 0 Å². The summed E-state index contributed by atoms with van der Waals surface area (Å²) in [5.74, 6) is 0.279. The summed E-state index contributed by atoms with van der Waals surface area (Å²) in [6, 6.07) is 15.2. The number of nitrogens with zero attached hydrogens (tertiary/aromatic N) is 2. The van der Waals surface area contributed by atoms with Crippen LogP contribution in [0.25, 0.3) is 5.69 Å². The molecule has 0 N–H and O–H groups in total. The average molecular weight is 357 g/mol. The molecule has 0 bridgehead atoms. The molecule has 0 radical (unpaired) electrons. The molecule has 120 valence electrons. The Kier molecular flexibility index (Phi) is 3.91. The first kappa shape index (κ1) is 15.4. The first-order chi connectivity index (χ1) is 11.6. The van der Waals surface area contributed by atoms with Gasteiger partial charge in [-0.05, 0) is 54.3 Å². The predicted molar refractivity (Wildman–Crippen MR) is 95.4 cm³/mol. The molecule has 5 heteroatoms. The second-order valence-corrected chi connectivity index (χ2v) is 6.85. The Morgan fingerprint density at radius 3 is 2.21 bits per heavy atom. The van der Waals surface area contributed by atoms with Crippen LogP contribution in [0.4, 0.5) is 0 Å². The largest absolute Gasteiger partial charge is 0.294 e. The van der Waals surface area contributed by atoms with Crippen LogP contribution < -0.4 is 0 Å². The highest BCUT2D eigenvalue weighted by Gasteiger charge is 2.30. The summed E-state index contributed by atoms with van der Waals surface area (Å²) < 4.78 is 1.84. The number of benzene rings is 2. The lowest BCUT2D eigenvalue weighted by Gasteiger charge is -2.23. The minimum Gasteiger partial charge on any atom is -0.294 e. The zero-order chi connectivity index (χ0) is 16.7. The van der Waals surface area contributed by atoms with Gasteiger partial charge in [0.2, 0.25) is 0 Å². The van der Waals surface area contributed by atoms with E-state index in [0.29, 0.717) is 16.5 Å². The number of carbonyl (C=O) groups excluding carboxylic acids is 1. The third kappa shape index (κ3) is 2.74. The summed E-state index contributed by atoms with van der Waals surface area (Å²) in [6.07, 6.45) is 2.94.